The third-order valence-corrected chi connectivity index (χ3v) is 4.23. The van der Waals surface area contributed by atoms with Gasteiger partial charge in [0.1, 0.15) is 5.01 Å². The lowest BCUT2D eigenvalue weighted by molar-refractivity contribution is -0.113. The summed E-state index contributed by atoms with van der Waals surface area (Å²) in [5.41, 5.74) is 2.84. The Bertz CT molecular complexity index is 717. The molecule has 5 heteroatoms. The van der Waals surface area contributed by atoms with Crippen molar-refractivity contribution in [1.29, 1.82) is 0 Å². The second-order valence-electron chi connectivity index (χ2n) is 4.27. The molecule has 0 spiro atoms. The molecule has 1 N–H and O–H groups in total. The molecule has 0 aliphatic carbocycles. The van der Waals surface area contributed by atoms with E-state index in [2.05, 4.69) is 29.0 Å². The van der Waals surface area contributed by atoms with E-state index >= 15 is 0 Å². The van der Waals surface area contributed by atoms with Gasteiger partial charge in [0, 0.05) is 11.3 Å². The minimum atomic E-state index is -0.110. The summed E-state index contributed by atoms with van der Waals surface area (Å²) in [4.78, 5) is 15.9. The van der Waals surface area contributed by atoms with E-state index in [1.807, 2.05) is 42.5 Å². The molecule has 0 aliphatic rings. The number of nitrogens with zero attached hydrogens (tertiary/aromatic N) is 1. The minimum absolute atomic E-state index is 0.110. The number of fused-ring (bicyclic) bond motifs is 1. The lowest BCUT2D eigenvalue weighted by atomic mass is 10.2. The van der Waals surface area contributed by atoms with Crippen LogP contribution >= 0.6 is 24.0 Å². The van der Waals surface area contributed by atoms with Crippen molar-refractivity contribution in [3.05, 3.63) is 48.5 Å². The van der Waals surface area contributed by atoms with Crippen molar-refractivity contribution in [1.82, 2.24) is 4.98 Å². The fourth-order valence-electron chi connectivity index (χ4n) is 1.89. The van der Waals surface area contributed by atoms with Gasteiger partial charge < -0.3 is 5.32 Å². The van der Waals surface area contributed by atoms with Crippen LogP contribution in [0.5, 0.6) is 0 Å². The topological polar surface area (TPSA) is 42.0 Å². The van der Waals surface area contributed by atoms with Crippen LogP contribution in [-0.4, -0.2) is 16.6 Å². The number of carbonyl (C=O) groups excluding carboxylic acids is 1. The van der Waals surface area contributed by atoms with Crippen LogP contribution in [0.15, 0.2) is 48.5 Å². The molecule has 0 saturated heterocycles. The number of hydrogen-bond acceptors (Lipinski definition) is 4. The van der Waals surface area contributed by atoms with Crippen LogP contribution in [0, 0.1) is 0 Å². The van der Waals surface area contributed by atoms with Gasteiger partial charge in [-0.25, -0.2) is 4.98 Å². The normalized spacial score (nSPS) is 10.7. The Morgan fingerprint density at radius 1 is 1.15 bits per heavy atom. The number of rotatable bonds is 3. The Labute approximate surface area is 126 Å². The van der Waals surface area contributed by atoms with Crippen LogP contribution in [-0.2, 0) is 4.79 Å². The van der Waals surface area contributed by atoms with Crippen molar-refractivity contribution < 1.29 is 4.79 Å². The van der Waals surface area contributed by atoms with Crippen molar-refractivity contribution in [2.75, 3.05) is 11.1 Å². The number of thiol groups is 1. The van der Waals surface area contributed by atoms with Crippen molar-refractivity contribution in [3.63, 3.8) is 0 Å². The first-order valence-corrected chi connectivity index (χ1v) is 7.58. The van der Waals surface area contributed by atoms with Gasteiger partial charge in [0.25, 0.3) is 0 Å². The summed E-state index contributed by atoms with van der Waals surface area (Å²) < 4.78 is 1.18. The van der Waals surface area contributed by atoms with E-state index in [1.165, 1.54) is 4.70 Å². The lowest BCUT2D eigenvalue weighted by Crippen LogP contribution is -2.12. The molecule has 1 aromatic heterocycles. The van der Waals surface area contributed by atoms with Crippen LogP contribution in [0.1, 0.15) is 0 Å². The quantitative estimate of drug-likeness (QED) is 0.722. The highest BCUT2D eigenvalue weighted by Crippen LogP contribution is 2.30. The van der Waals surface area contributed by atoms with E-state index in [0.29, 0.717) is 0 Å². The molecule has 0 unspecified atom stereocenters. The van der Waals surface area contributed by atoms with E-state index in [0.717, 1.165) is 21.8 Å². The molecule has 3 nitrogen and oxygen atoms in total. The fourth-order valence-corrected chi connectivity index (χ4v) is 2.94. The Morgan fingerprint density at radius 2 is 1.90 bits per heavy atom. The number of amides is 1. The Hall–Kier alpha value is -1.85. The van der Waals surface area contributed by atoms with Crippen molar-refractivity contribution in [2.45, 2.75) is 0 Å². The summed E-state index contributed by atoms with van der Waals surface area (Å²) in [5, 5.41) is 3.75. The summed E-state index contributed by atoms with van der Waals surface area (Å²) in [5.74, 6) is 0.0701. The molecule has 0 saturated carbocycles. The predicted molar refractivity (Wildman–Crippen MR) is 87.5 cm³/mol. The molecule has 0 aliphatic heterocycles. The lowest BCUT2D eigenvalue weighted by Gasteiger charge is -2.03. The van der Waals surface area contributed by atoms with Gasteiger partial charge >= 0.3 is 0 Å². The number of hydrogen-bond donors (Lipinski definition) is 2. The molecular formula is C15H12N2OS2. The first-order chi connectivity index (χ1) is 9.76. The average Bonchev–Trinajstić information content (AvgIpc) is 2.91. The van der Waals surface area contributed by atoms with E-state index in [1.54, 1.807) is 11.3 Å². The van der Waals surface area contributed by atoms with Gasteiger partial charge in [-0.3, -0.25) is 4.79 Å². The Balaban J connectivity index is 1.88. The zero-order valence-electron chi connectivity index (χ0n) is 10.5. The second kappa shape index (κ2) is 5.64. The fraction of sp³-hybridized carbons (Fsp3) is 0.0667. The summed E-state index contributed by atoms with van der Waals surface area (Å²) in [6, 6.07) is 15.8. The number of nitrogens with one attached hydrogen (secondary N) is 1. The van der Waals surface area contributed by atoms with Gasteiger partial charge in [-0.2, -0.15) is 12.6 Å². The molecule has 3 aromatic rings. The van der Waals surface area contributed by atoms with Gasteiger partial charge in [-0.05, 0) is 36.4 Å². The maximum absolute atomic E-state index is 11.3. The first-order valence-electron chi connectivity index (χ1n) is 6.13. The largest absolute Gasteiger partial charge is 0.325 e. The van der Waals surface area contributed by atoms with Crippen LogP contribution in [0.25, 0.3) is 20.8 Å². The average molecular weight is 300 g/mol. The van der Waals surface area contributed by atoms with Crippen LogP contribution < -0.4 is 5.32 Å². The standard InChI is InChI=1S/C15H12N2OS2/c18-14(9-19)16-11-7-5-10(6-8-11)15-17-12-3-1-2-4-13(12)20-15/h1-8,19H,9H2,(H,16,18). The maximum atomic E-state index is 11.3. The molecule has 100 valence electrons. The van der Waals surface area contributed by atoms with E-state index in [-0.39, 0.29) is 11.7 Å². The molecule has 20 heavy (non-hydrogen) atoms. The highest BCUT2D eigenvalue weighted by atomic mass is 32.1. The molecule has 3 rings (SSSR count). The summed E-state index contributed by atoms with van der Waals surface area (Å²) in [6.07, 6.45) is 0. The minimum Gasteiger partial charge on any atom is -0.325 e. The molecule has 0 bridgehead atoms. The molecule has 2 aromatic carbocycles. The van der Waals surface area contributed by atoms with E-state index in [9.17, 15) is 4.79 Å². The molecule has 0 radical (unpaired) electrons. The van der Waals surface area contributed by atoms with Crippen molar-refractivity contribution in [2.24, 2.45) is 0 Å². The van der Waals surface area contributed by atoms with Gasteiger partial charge in [0.05, 0.1) is 16.0 Å². The maximum Gasteiger partial charge on any atom is 0.234 e. The van der Waals surface area contributed by atoms with E-state index < -0.39 is 0 Å². The van der Waals surface area contributed by atoms with Crippen molar-refractivity contribution >= 4 is 45.8 Å². The Kier molecular flexibility index (Phi) is 3.71. The predicted octanol–water partition coefficient (Wildman–Crippen LogP) is 3.83. The van der Waals surface area contributed by atoms with Gasteiger partial charge in [0.2, 0.25) is 5.91 Å². The molecule has 1 amide bonds. The second-order valence-corrected chi connectivity index (χ2v) is 5.62. The molecule has 0 atom stereocenters. The van der Waals surface area contributed by atoms with Crippen LogP contribution in [0.2, 0.25) is 0 Å². The summed E-state index contributed by atoms with van der Waals surface area (Å²) in [7, 11) is 0. The molecule has 1 heterocycles. The SMILES string of the molecule is O=C(CS)Nc1ccc(-c2nc3ccccc3s2)cc1. The number of aromatic nitrogens is 1. The number of anilines is 1. The number of thiazole rings is 1. The van der Waals surface area contributed by atoms with Crippen molar-refractivity contribution in [3.8, 4) is 10.6 Å². The number of carbonyl (C=O) groups is 1. The van der Waals surface area contributed by atoms with Crippen LogP contribution in [0.4, 0.5) is 5.69 Å². The zero-order chi connectivity index (χ0) is 13.9. The highest BCUT2D eigenvalue weighted by molar-refractivity contribution is 7.81. The van der Waals surface area contributed by atoms with E-state index in [4.69, 9.17) is 0 Å². The zero-order valence-corrected chi connectivity index (χ0v) is 12.2. The highest BCUT2D eigenvalue weighted by Gasteiger charge is 2.06. The first kappa shape index (κ1) is 13.1. The number of benzene rings is 2. The molecular weight excluding hydrogens is 288 g/mol. The number of para-hydroxylation sites is 1. The Morgan fingerprint density at radius 3 is 2.60 bits per heavy atom. The van der Waals surface area contributed by atoms with Gasteiger partial charge in [0.15, 0.2) is 0 Å². The summed E-state index contributed by atoms with van der Waals surface area (Å²) in [6.45, 7) is 0. The molecule has 0 fully saturated rings. The summed E-state index contributed by atoms with van der Waals surface area (Å²) >= 11 is 5.60. The van der Waals surface area contributed by atoms with Crippen LogP contribution in [0.3, 0.4) is 0 Å². The third-order valence-electron chi connectivity index (χ3n) is 2.85. The van der Waals surface area contributed by atoms with Gasteiger partial charge in [-0.1, -0.05) is 12.1 Å². The monoisotopic (exact) mass is 300 g/mol. The van der Waals surface area contributed by atoms with Gasteiger partial charge in [-0.15, -0.1) is 11.3 Å². The third kappa shape index (κ3) is 2.69. The smallest absolute Gasteiger partial charge is 0.234 e.